The molecular formula is C15H13Cl2NOS. The molecule has 0 fully saturated rings. The number of hydrogen-bond donors (Lipinski definition) is 1. The topological polar surface area (TPSA) is 29.1 Å². The van der Waals surface area contributed by atoms with Crippen LogP contribution in [0.3, 0.4) is 0 Å². The number of hydrogen-bond acceptors (Lipinski definition) is 2. The summed E-state index contributed by atoms with van der Waals surface area (Å²) in [4.78, 5) is 12.7. The van der Waals surface area contributed by atoms with Gasteiger partial charge in [0.05, 0.1) is 10.8 Å². The lowest BCUT2D eigenvalue weighted by molar-refractivity contribution is -0.118. The number of nitrogens with one attached hydrogen (secondary N) is 1. The van der Waals surface area contributed by atoms with Crippen LogP contribution < -0.4 is 5.32 Å². The minimum absolute atomic E-state index is 0.0233. The molecule has 1 amide bonds. The van der Waals surface area contributed by atoms with E-state index in [4.69, 9.17) is 23.2 Å². The normalized spacial score (nSPS) is 10.3. The van der Waals surface area contributed by atoms with Gasteiger partial charge in [-0.3, -0.25) is 4.79 Å². The minimum atomic E-state index is -0.0233. The highest BCUT2D eigenvalue weighted by Gasteiger charge is 2.05. The molecule has 0 spiro atoms. The number of carbonyl (C=O) groups is 1. The van der Waals surface area contributed by atoms with Crippen molar-refractivity contribution in [2.45, 2.75) is 11.4 Å². The Morgan fingerprint density at radius 1 is 1.05 bits per heavy atom. The third kappa shape index (κ3) is 4.75. The fourth-order valence-corrected chi connectivity index (χ4v) is 2.75. The lowest BCUT2D eigenvalue weighted by Gasteiger charge is -2.06. The van der Waals surface area contributed by atoms with Gasteiger partial charge < -0.3 is 5.32 Å². The highest BCUT2D eigenvalue weighted by atomic mass is 35.5. The second-order valence-electron chi connectivity index (χ2n) is 4.12. The summed E-state index contributed by atoms with van der Waals surface area (Å²) in [6.45, 7) is 0.499. The van der Waals surface area contributed by atoms with Crippen molar-refractivity contribution in [3.8, 4) is 0 Å². The first-order valence-electron chi connectivity index (χ1n) is 6.03. The molecule has 1 N–H and O–H groups in total. The Bertz CT molecular complexity index is 587. The summed E-state index contributed by atoms with van der Waals surface area (Å²) in [5.74, 6) is 0.321. The SMILES string of the molecule is O=C(CSc1ccccc1Cl)NCc1ccc(Cl)cc1. The van der Waals surface area contributed by atoms with Gasteiger partial charge in [0.15, 0.2) is 0 Å². The maximum Gasteiger partial charge on any atom is 0.230 e. The molecule has 0 radical (unpaired) electrons. The minimum Gasteiger partial charge on any atom is -0.351 e. The number of halogens is 2. The summed E-state index contributed by atoms with van der Waals surface area (Å²) in [6, 6.07) is 14.9. The Morgan fingerprint density at radius 3 is 2.45 bits per heavy atom. The van der Waals surface area contributed by atoms with E-state index in [2.05, 4.69) is 5.32 Å². The van der Waals surface area contributed by atoms with Crippen LogP contribution in [0.1, 0.15) is 5.56 Å². The van der Waals surface area contributed by atoms with Gasteiger partial charge in [-0.1, -0.05) is 47.5 Å². The second kappa shape index (κ2) is 7.58. The quantitative estimate of drug-likeness (QED) is 0.825. The molecule has 0 aliphatic rings. The molecule has 2 aromatic rings. The molecule has 0 aliphatic heterocycles. The van der Waals surface area contributed by atoms with Crippen molar-refractivity contribution >= 4 is 40.9 Å². The van der Waals surface area contributed by atoms with E-state index in [-0.39, 0.29) is 5.91 Å². The summed E-state index contributed by atoms with van der Waals surface area (Å²) >= 11 is 13.3. The van der Waals surface area contributed by atoms with Gasteiger partial charge in [-0.15, -0.1) is 11.8 Å². The van der Waals surface area contributed by atoms with Gasteiger partial charge in [-0.05, 0) is 29.8 Å². The predicted octanol–water partition coefficient (Wildman–Crippen LogP) is 4.40. The third-order valence-electron chi connectivity index (χ3n) is 2.60. The number of amides is 1. The summed E-state index contributed by atoms with van der Waals surface area (Å²) in [5.41, 5.74) is 1.02. The third-order valence-corrected chi connectivity index (χ3v) is 4.37. The molecule has 0 bridgehead atoms. The number of carbonyl (C=O) groups excluding carboxylic acids is 1. The Hall–Kier alpha value is -1.16. The van der Waals surface area contributed by atoms with E-state index < -0.39 is 0 Å². The van der Waals surface area contributed by atoms with Gasteiger partial charge >= 0.3 is 0 Å². The van der Waals surface area contributed by atoms with Crippen LogP contribution in [0.5, 0.6) is 0 Å². The highest BCUT2D eigenvalue weighted by molar-refractivity contribution is 8.00. The van der Waals surface area contributed by atoms with Crippen LogP contribution in [0.2, 0.25) is 10.0 Å². The zero-order chi connectivity index (χ0) is 14.4. The van der Waals surface area contributed by atoms with Crippen LogP contribution in [0.4, 0.5) is 0 Å². The first-order valence-corrected chi connectivity index (χ1v) is 7.78. The Balaban J connectivity index is 1.78. The van der Waals surface area contributed by atoms with E-state index >= 15 is 0 Å². The summed E-state index contributed by atoms with van der Waals surface area (Å²) in [7, 11) is 0. The molecule has 2 rings (SSSR count). The maximum absolute atomic E-state index is 11.8. The van der Waals surface area contributed by atoms with E-state index in [0.717, 1.165) is 10.5 Å². The van der Waals surface area contributed by atoms with E-state index in [1.54, 1.807) is 0 Å². The molecule has 0 aromatic heterocycles. The first-order chi connectivity index (χ1) is 9.65. The second-order valence-corrected chi connectivity index (χ2v) is 5.98. The smallest absolute Gasteiger partial charge is 0.230 e. The Labute approximate surface area is 132 Å². The Kier molecular flexibility index (Phi) is 5.77. The van der Waals surface area contributed by atoms with Crippen LogP contribution in [-0.4, -0.2) is 11.7 Å². The Morgan fingerprint density at radius 2 is 1.75 bits per heavy atom. The standard InChI is InChI=1S/C15H13Cl2NOS/c16-12-7-5-11(6-8-12)9-18-15(19)10-20-14-4-2-1-3-13(14)17/h1-8H,9-10H2,(H,18,19). The van der Waals surface area contributed by atoms with Gasteiger partial charge in [-0.2, -0.15) is 0 Å². The van der Waals surface area contributed by atoms with Crippen molar-refractivity contribution in [1.82, 2.24) is 5.32 Å². The molecule has 0 unspecified atom stereocenters. The van der Waals surface area contributed by atoms with E-state index in [0.29, 0.717) is 22.3 Å². The zero-order valence-electron chi connectivity index (χ0n) is 10.6. The van der Waals surface area contributed by atoms with E-state index in [9.17, 15) is 4.79 Å². The largest absolute Gasteiger partial charge is 0.351 e. The van der Waals surface area contributed by atoms with Crippen LogP contribution in [0.25, 0.3) is 0 Å². The summed E-state index contributed by atoms with van der Waals surface area (Å²) in [6.07, 6.45) is 0. The van der Waals surface area contributed by atoms with Gasteiger partial charge in [0.25, 0.3) is 0 Å². The predicted molar refractivity (Wildman–Crippen MR) is 85.5 cm³/mol. The number of rotatable bonds is 5. The van der Waals surface area contributed by atoms with Gasteiger partial charge in [-0.25, -0.2) is 0 Å². The maximum atomic E-state index is 11.8. The number of thioether (sulfide) groups is 1. The molecule has 0 saturated heterocycles. The first kappa shape index (κ1) is 15.2. The molecule has 0 saturated carbocycles. The van der Waals surface area contributed by atoms with Crippen molar-refractivity contribution in [3.05, 3.63) is 64.1 Å². The van der Waals surface area contributed by atoms with Gasteiger partial charge in [0, 0.05) is 16.5 Å². The summed E-state index contributed by atoms with van der Waals surface area (Å²) < 4.78 is 0. The lowest BCUT2D eigenvalue weighted by atomic mass is 10.2. The molecule has 104 valence electrons. The van der Waals surface area contributed by atoms with Crippen LogP contribution in [-0.2, 0) is 11.3 Å². The average molecular weight is 326 g/mol. The van der Waals surface area contributed by atoms with E-state index in [1.165, 1.54) is 11.8 Å². The van der Waals surface area contributed by atoms with Crippen molar-refractivity contribution < 1.29 is 4.79 Å². The van der Waals surface area contributed by atoms with E-state index in [1.807, 2.05) is 48.5 Å². The monoisotopic (exact) mass is 325 g/mol. The molecule has 0 atom stereocenters. The van der Waals surface area contributed by atoms with Crippen molar-refractivity contribution in [2.24, 2.45) is 0 Å². The van der Waals surface area contributed by atoms with Crippen molar-refractivity contribution in [1.29, 1.82) is 0 Å². The fraction of sp³-hybridized carbons (Fsp3) is 0.133. The van der Waals surface area contributed by atoms with Crippen LogP contribution >= 0.6 is 35.0 Å². The van der Waals surface area contributed by atoms with Crippen molar-refractivity contribution in [3.63, 3.8) is 0 Å². The fourth-order valence-electron chi connectivity index (χ4n) is 1.56. The zero-order valence-corrected chi connectivity index (χ0v) is 12.9. The van der Waals surface area contributed by atoms with Crippen LogP contribution in [0.15, 0.2) is 53.4 Å². The molecule has 20 heavy (non-hydrogen) atoms. The highest BCUT2D eigenvalue weighted by Crippen LogP contribution is 2.26. The summed E-state index contributed by atoms with van der Waals surface area (Å²) in [5, 5.41) is 4.22. The molecule has 5 heteroatoms. The molecular weight excluding hydrogens is 313 g/mol. The van der Waals surface area contributed by atoms with Gasteiger partial charge in [0.1, 0.15) is 0 Å². The molecule has 0 aliphatic carbocycles. The average Bonchev–Trinajstić information content (AvgIpc) is 2.46. The van der Waals surface area contributed by atoms with Gasteiger partial charge in [0.2, 0.25) is 5.91 Å². The molecule has 0 heterocycles. The molecule has 2 nitrogen and oxygen atoms in total. The number of benzene rings is 2. The van der Waals surface area contributed by atoms with Crippen LogP contribution in [0, 0.1) is 0 Å². The lowest BCUT2D eigenvalue weighted by Crippen LogP contribution is -2.24. The van der Waals surface area contributed by atoms with Crippen molar-refractivity contribution in [2.75, 3.05) is 5.75 Å². The molecule has 2 aromatic carbocycles.